The Morgan fingerprint density at radius 2 is 1.60 bits per heavy atom. The van der Waals surface area contributed by atoms with Crippen molar-refractivity contribution in [3.05, 3.63) is 0 Å². The van der Waals surface area contributed by atoms with Gasteiger partial charge >= 0.3 is 30.6 Å². The topological polar surface area (TPSA) is 101 Å². The van der Waals surface area contributed by atoms with Gasteiger partial charge < -0.3 is 10.2 Å². The molecule has 0 saturated heterocycles. The molecule has 2 N–H and O–H groups in total. The summed E-state index contributed by atoms with van der Waals surface area (Å²) in [5.74, 6) is -10.2. The number of unbranched alkanes of at least 4 members (excludes halogenated alkanes) is 1. The zero-order chi connectivity index (χ0) is 19.8. The van der Waals surface area contributed by atoms with E-state index in [1.54, 1.807) is 0 Å². The predicted octanol–water partition coefficient (Wildman–Crippen LogP) is 2.85. The molecule has 0 rings (SSSR count). The lowest BCUT2D eigenvalue weighted by Crippen LogP contribution is -2.51. The molecular weight excluding hydrogens is 386 g/mol. The van der Waals surface area contributed by atoms with Crippen molar-refractivity contribution >= 4 is 29.5 Å². The fourth-order valence-electron chi connectivity index (χ4n) is 1.56. The Kier molecular flexibility index (Phi) is 9.26. The van der Waals surface area contributed by atoms with Gasteiger partial charge in [-0.05, 0) is 18.6 Å². The summed E-state index contributed by atoms with van der Waals surface area (Å²) in [6.07, 6.45) is -8.17. The average molecular weight is 400 g/mol. The van der Waals surface area contributed by atoms with Gasteiger partial charge in [0.15, 0.2) is 0 Å². The van der Waals surface area contributed by atoms with Crippen LogP contribution in [0, 0.1) is 0 Å². The minimum absolute atomic E-state index is 0.0431. The third kappa shape index (κ3) is 7.94. The Hall–Kier alpha value is -1.50. The minimum atomic E-state index is -5.98. The molecule has 0 spiro atoms. The van der Waals surface area contributed by atoms with Gasteiger partial charge in [0.2, 0.25) is 5.78 Å². The van der Waals surface area contributed by atoms with E-state index in [0.717, 1.165) is 0 Å². The second-order valence-corrected chi connectivity index (χ2v) is 5.96. The quantitative estimate of drug-likeness (QED) is 0.384. The van der Waals surface area contributed by atoms with Gasteiger partial charge in [0.1, 0.15) is 5.25 Å². The van der Waals surface area contributed by atoms with Gasteiger partial charge in [-0.15, -0.1) is 11.8 Å². The number of ketones is 1. The number of carboxylic acid groups (broad SMARTS) is 2. The summed E-state index contributed by atoms with van der Waals surface area (Å²) >= 11 is 0.674. The number of hydrogen-bond acceptors (Lipinski definition) is 5. The summed E-state index contributed by atoms with van der Waals surface area (Å²) in [5, 5.41) is 15.9. The van der Waals surface area contributed by atoms with Crippen LogP contribution in [0.4, 0.5) is 26.3 Å². The van der Waals surface area contributed by atoms with Crippen LogP contribution in [-0.4, -0.2) is 57.6 Å². The molecule has 0 fully saturated rings. The zero-order valence-corrected chi connectivity index (χ0v) is 13.2. The van der Waals surface area contributed by atoms with Crippen LogP contribution in [0.15, 0.2) is 0 Å². The predicted molar refractivity (Wildman–Crippen MR) is 72.0 cm³/mol. The lowest BCUT2D eigenvalue weighted by molar-refractivity contribution is -0.356. The molecule has 0 heterocycles. The normalized spacial score (nSPS) is 15.6. The third-order valence-corrected chi connectivity index (χ3v) is 4.02. The van der Waals surface area contributed by atoms with Crippen molar-refractivity contribution in [2.24, 2.45) is 0 Å². The fraction of sp³-hybridized carbons (Fsp3) is 0.750. The number of hydrogen-bond donors (Lipinski definition) is 2. The molecule has 25 heavy (non-hydrogen) atoms. The molecule has 0 aromatic heterocycles. The van der Waals surface area contributed by atoms with Gasteiger partial charge in [0.05, 0.1) is 6.42 Å². The molecule has 146 valence electrons. The highest BCUT2D eigenvalue weighted by Crippen LogP contribution is 2.38. The molecule has 0 bridgehead atoms. The van der Waals surface area contributed by atoms with Crippen molar-refractivity contribution in [2.75, 3.05) is 5.75 Å². The third-order valence-electron chi connectivity index (χ3n) is 2.73. The Labute approximate surface area is 141 Å². The summed E-state index contributed by atoms with van der Waals surface area (Å²) in [7, 11) is 0. The fourth-order valence-corrected chi connectivity index (χ4v) is 2.62. The average Bonchev–Trinajstić information content (AvgIpc) is 2.42. The van der Waals surface area contributed by atoms with Crippen molar-refractivity contribution < 1.29 is 55.7 Å². The number of carboxylic acids is 2. The van der Waals surface area contributed by atoms with E-state index in [4.69, 9.17) is 10.2 Å². The van der Waals surface area contributed by atoms with Crippen LogP contribution in [0.1, 0.15) is 25.7 Å². The molecule has 6 nitrogen and oxygen atoms in total. The first kappa shape index (κ1) is 23.5. The highest BCUT2D eigenvalue weighted by atomic mass is 32.2. The number of rotatable bonds is 12. The van der Waals surface area contributed by atoms with E-state index in [9.17, 15) is 40.7 Å². The van der Waals surface area contributed by atoms with E-state index in [1.165, 1.54) is 0 Å². The van der Waals surface area contributed by atoms with E-state index >= 15 is 0 Å². The molecule has 0 saturated carbocycles. The Balaban J connectivity index is 4.49. The van der Waals surface area contributed by atoms with Crippen LogP contribution < -0.4 is 0 Å². The monoisotopic (exact) mass is 400 g/mol. The minimum Gasteiger partial charge on any atom is -0.481 e. The van der Waals surface area contributed by atoms with E-state index in [1.807, 2.05) is 0 Å². The Morgan fingerprint density at radius 3 is 2.00 bits per heavy atom. The number of Topliss-reactive ketones (excluding diaryl/α,β-unsaturated/α-hetero) is 1. The van der Waals surface area contributed by atoms with Crippen molar-refractivity contribution in [1.29, 1.82) is 0 Å². The summed E-state index contributed by atoms with van der Waals surface area (Å²) in [4.78, 5) is 32.5. The first-order valence-corrected chi connectivity index (χ1v) is 7.67. The van der Waals surface area contributed by atoms with Crippen molar-refractivity contribution in [3.8, 4) is 0 Å². The molecule has 0 radical (unpaired) electrons. The van der Waals surface area contributed by atoms with Gasteiger partial charge in [0.25, 0.3) is 0 Å². The van der Waals surface area contributed by atoms with Crippen LogP contribution >= 0.6 is 11.8 Å². The summed E-state index contributed by atoms with van der Waals surface area (Å²) in [6.45, 7) is -4.15. The van der Waals surface area contributed by atoms with E-state index in [2.05, 4.69) is 4.74 Å². The SMILES string of the molecule is O=C(O)CC(SCCCCC(=O)C(F)(OC(F)F)C(F)(F)F)C(=O)O. The maximum absolute atomic E-state index is 13.5. The van der Waals surface area contributed by atoms with Crippen molar-refractivity contribution in [1.82, 2.24) is 0 Å². The Bertz CT molecular complexity index is 485. The summed E-state index contributed by atoms with van der Waals surface area (Å²) in [5.41, 5.74) is 0. The van der Waals surface area contributed by atoms with Gasteiger partial charge in [-0.1, -0.05) is 0 Å². The maximum atomic E-state index is 13.5. The molecule has 0 aliphatic heterocycles. The first-order chi connectivity index (χ1) is 11.3. The standard InChI is InChI=1S/C12H14F6O6S/c13-10(14)24-11(15,12(16,17)18)7(19)3-1-2-4-25-6(9(22)23)5-8(20)21/h6,10H,1-5H2,(H,20,21)(H,22,23). The van der Waals surface area contributed by atoms with Gasteiger partial charge in [-0.3, -0.25) is 19.1 Å². The van der Waals surface area contributed by atoms with E-state index in [-0.39, 0.29) is 18.6 Å². The number of ether oxygens (including phenoxy) is 1. The second-order valence-electron chi connectivity index (χ2n) is 4.65. The number of carbonyl (C=O) groups is 3. The molecule has 13 heteroatoms. The number of thioether (sulfide) groups is 1. The smallest absolute Gasteiger partial charge is 0.456 e. The van der Waals surface area contributed by atoms with E-state index in [0.29, 0.717) is 11.8 Å². The van der Waals surface area contributed by atoms with Crippen LogP contribution in [0.3, 0.4) is 0 Å². The van der Waals surface area contributed by atoms with Crippen molar-refractivity contribution in [3.63, 3.8) is 0 Å². The molecule has 0 amide bonds. The molecule has 0 aliphatic rings. The molecule has 2 unspecified atom stereocenters. The van der Waals surface area contributed by atoms with Gasteiger partial charge in [-0.2, -0.15) is 26.3 Å². The second kappa shape index (κ2) is 9.85. The lowest BCUT2D eigenvalue weighted by Gasteiger charge is -2.25. The number of carbonyl (C=O) groups excluding carboxylic acids is 1. The molecule has 0 aromatic rings. The number of aliphatic carboxylic acids is 2. The van der Waals surface area contributed by atoms with Crippen LogP contribution in [-0.2, 0) is 19.1 Å². The van der Waals surface area contributed by atoms with Crippen LogP contribution in [0.5, 0.6) is 0 Å². The molecule has 0 aromatic carbocycles. The zero-order valence-electron chi connectivity index (χ0n) is 12.4. The highest BCUT2D eigenvalue weighted by Gasteiger charge is 2.64. The highest BCUT2D eigenvalue weighted by molar-refractivity contribution is 8.00. The van der Waals surface area contributed by atoms with Gasteiger partial charge in [0, 0.05) is 6.42 Å². The van der Waals surface area contributed by atoms with Crippen LogP contribution in [0.25, 0.3) is 0 Å². The Morgan fingerprint density at radius 1 is 1.04 bits per heavy atom. The lowest BCUT2D eigenvalue weighted by atomic mass is 10.1. The summed E-state index contributed by atoms with van der Waals surface area (Å²) in [6, 6.07) is 0. The number of halogens is 6. The maximum Gasteiger partial charge on any atom is 0.456 e. The summed E-state index contributed by atoms with van der Waals surface area (Å²) < 4.78 is 77.4. The van der Waals surface area contributed by atoms with Gasteiger partial charge in [-0.25, -0.2) is 0 Å². The first-order valence-electron chi connectivity index (χ1n) is 6.62. The van der Waals surface area contributed by atoms with Crippen molar-refractivity contribution in [2.45, 2.75) is 49.6 Å². The van der Waals surface area contributed by atoms with Crippen LogP contribution in [0.2, 0.25) is 0 Å². The molecular formula is C12H14F6O6S. The van der Waals surface area contributed by atoms with E-state index < -0.39 is 54.5 Å². The molecule has 0 aliphatic carbocycles. The number of alkyl halides is 6. The molecule has 2 atom stereocenters. The largest absolute Gasteiger partial charge is 0.481 e.